The number of nitrogens with zero attached hydrogens (tertiary/aromatic N) is 2. The molecule has 0 fully saturated rings. The summed E-state index contributed by atoms with van der Waals surface area (Å²) >= 11 is 12.4. The summed E-state index contributed by atoms with van der Waals surface area (Å²) in [6.07, 6.45) is 0.317. The standard InChI is InChI=1S/C28H25Cl2N3O3/c1-18(34)13-14-31-28(35)21-5-3-19(4-6-21)17-33-27(22-9-12-24(29)25(30)15-22)16-26(32-33)20-7-10-23(36-2)11-8-20/h3-12,15-16H,13-14,17H2,1-2H3,(H,31,35). The Hall–Kier alpha value is -3.61. The number of hydrogen-bond acceptors (Lipinski definition) is 4. The molecule has 0 aliphatic rings. The van der Waals surface area contributed by atoms with Crippen molar-refractivity contribution < 1.29 is 14.3 Å². The van der Waals surface area contributed by atoms with Crippen LogP contribution in [-0.2, 0) is 11.3 Å². The first-order chi connectivity index (χ1) is 17.3. The van der Waals surface area contributed by atoms with Crippen molar-refractivity contribution in [1.29, 1.82) is 0 Å². The Morgan fingerprint density at radius 1 is 0.917 bits per heavy atom. The number of ether oxygens (including phenoxy) is 1. The van der Waals surface area contributed by atoms with Crippen molar-refractivity contribution in [2.24, 2.45) is 0 Å². The van der Waals surface area contributed by atoms with Crippen LogP contribution in [0.25, 0.3) is 22.5 Å². The molecule has 3 aromatic carbocycles. The third-order valence-electron chi connectivity index (χ3n) is 5.69. The monoisotopic (exact) mass is 521 g/mol. The summed E-state index contributed by atoms with van der Waals surface area (Å²) in [7, 11) is 1.63. The molecule has 0 saturated carbocycles. The Labute approximate surface area is 219 Å². The summed E-state index contributed by atoms with van der Waals surface area (Å²) in [5.41, 5.74) is 5.03. The van der Waals surface area contributed by atoms with Gasteiger partial charge in [-0.1, -0.05) is 41.4 Å². The van der Waals surface area contributed by atoms with Gasteiger partial charge in [0.1, 0.15) is 11.5 Å². The molecule has 4 rings (SSSR count). The highest BCUT2D eigenvalue weighted by Gasteiger charge is 2.14. The normalized spacial score (nSPS) is 10.8. The van der Waals surface area contributed by atoms with E-state index in [0.29, 0.717) is 35.1 Å². The van der Waals surface area contributed by atoms with Crippen LogP contribution in [0, 0.1) is 0 Å². The van der Waals surface area contributed by atoms with Crippen LogP contribution in [-0.4, -0.2) is 35.1 Å². The van der Waals surface area contributed by atoms with E-state index in [1.807, 2.05) is 59.3 Å². The molecule has 0 saturated heterocycles. The number of carbonyl (C=O) groups excluding carboxylic acids is 2. The average molecular weight is 522 g/mol. The predicted octanol–water partition coefficient (Wildman–Crippen LogP) is 6.29. The number of halogens is 2. The van der Waals surface area contributed by atoms with Gasteiger partial charge in [-0.2, -0.15) is 5.10 Å². The Morgan fingerprint density at radius 2 is 1.61 bits per heavy atom. The van der Waals surface area contributed by atoms with E-state index < -0.39 is 0 Å². The summed E-state index contributed by atoms with van der Waals surface area (Å²) in [4.78, 5) is 23.4. The highest BCUT2D eigenvalue weighted by Crippen LogP contribution is 2.32. The third kappa shape index (κ3) is 6.14. The van der Waals surface area contributed by atoms with E-state index in [9.17, 15) is 9.59 Å². The molecule has 6 nitrogen and oxygen atoms in total. The fraction of sp³-hybridized carbons (Fsp3) is 0.179. The summed E-state index contributed by atoms with van der Waals surface area (Å²) in [5.74, 6) is 0.602. The SMILES string of the molecule is COc1ccc(-c2cc(-c3ccc(Cl)c(Cl)c3)n(Cc3ccc(C(=O)NCCC(C)=O)cc3)n2)cc1. The number of ketones is 1. The van der Waals surface area contributed by atoms with Crippen LogP contribution >= 0.6 is 23.2 Å². The van der Waals surface area contributed by atoms with E-state index in [0.717, 1.165) is 33.8 Å². The number of aromatic nitrogens is 2. The molecule has 1 aromatic heterocycles. The van der Waals surface area contributed by atoms with Crippen LogP contribution in [0.4, 0.5) is 0 Å². The minimum atomic E-state index is -0.208. The molecule has 0 spiro atoms. The molecule has 184 valence electrons. The first kappa shape index (κ1) is 25.5. The highest BCUT2D eigenvalue weighted by atomic mass is 35.5. The largest absolute Gasteiger partial charge is 0.497 e. The van der Waals surface area contributed by atoms with Gasteiger partial charge in [0, 0.05) is 29.7 Å². The fourth-order valence-corrected chi connectivity index (χ4v) is 4.01. The van der Waals surface area contributed by atoms with Crippen LogP contribution in [0.5, 0.6) is 5.75 Å². The number of rotatable bonds is 9. The van der Waals surface area contributed by atoms with Crippen LogP contribution in [0.1, 0.15) is 29.3 Å². The molecule has 0 unspecified atom stereocenters. The van der Waals surface area contributed by atoms with Gasteiger partial charge in [0.15, 0.2) is 0 Å². The van der Waals surface area contributed by atoms with Crippen LogP contribution in [0.2, 0.25) is 10.0 Å². The molecule has 0 atom stereocenters. The number of hydrogen-bond donors (Lipinski definition) is 1. The van der Waals surface area contributed by atoms with Crippen molar-refractivity contribution in [3.8, 4) is 28.3 Å². The summed E-state index contributed by atoms with van der Waals surface area (Å²) in [5, 5.41) is 8.57. The molecule has 0 aliphatic carbocycles. The van der Waals surface area contributed by atoms with E-state index in [1.165, 1.54) is 6.92 Å². The minimum absolute atomic E-state index is 0.0386. The predicted molar refractivity (Wildman–Crippen MR) is 143 cm³/mol. The van der Waals surface area contributed by atoms with Crippen LogP contribution in [0.15, 0.2) is 72.8 Å². The second-order valence-electron chi connectivity index (χ2n) is 8.33. The molecule has 8 heteroatoms. The maximum atomic E-state index is 12.3. The molecule has 36 heavy (non-hydrogen) atoms. The number of Topliss-reactive ketones (excluding diaryl/α,β-unsaturated/α-hetero) is 1. The topological polar surface area (TPSA) is 73.2 Å². The zero-order valence-electron chi connectivity index (χ0n) is 19.9. The van der Waals surface area contributed by atoms with Crippen LogP contribution < -0.4 is 10.1 Å². The van der Waals surface area contributed by atoms with Gasteiger partial charge in [-0.3, -0.25) is 14.3 Å². The lowest BCUT2D eigenvalue weighted by Gasteiger charge is -2.10. The molecular weight excluding hydrogens is 497 g/mol. The molecular formula is C28H25Cl2N3O3. The van der Waals surface area contributed by atoms with E-state index in [4.69, 9.17) is 33.0 Å². The van der Waals surface area contributed by atoms with E-state index in [-0.39, 0.29) is 11.7 Å². The quantitative estimate of drug-likeness (QED) is 0.281. The molecule has 0 aliphatic heterocycles. The van der Waals surface area contributed by atoms with Gasteiger partial charge in [-0.25, -0.2) is 0 Å². The van der Waals surface area contributed by atoms with Crippen molar-refractivity contribution in [2.45, 2.75) is 19.9 Å². The lowest BCUT2D eigenvalue weighted by Crippen LogP contribution is -2.25. The van der Waals surface area contributed by atoms with Gasteiger partial charge in [-0.05, 0) is 67.1 Å². The van der Waals surface area contributed by atoms with Crippen molar-refractivity contribution in [3.63, 3.8) is 0 Å². The van der Waals surface area contributed by atoms with Gasteiger partial charge < -0.3 is 10.1 Å². The first-order valence-electron chi connectivity index (χ1n) is 11.4. The highest BCUT2D eigenvalue weighted by molar-refractivity contribution is 6.42. The molecule has 1 N–H and O–H groups in total. The van der Waals surface area contributed by atoms with Crippen molar-refractivity contribution >= 4 is 34.9 Å². The molecule has 1 amide bonds. The molecule has 1 heterocycles. The smallest absolute Gasteiger partial charge is 0.251 e. The zero-order chi connectivity index (χ0) is 25.7. The fourth-order valence-electron chi connectivity index (χ4n) is 3.72. The Bertz CT molecular complexity index is 1380. The van der Waals surface area contributed by atoms with Crippen molar-refractivity contribution in [3.05, 3.63) is 94.0 Å². The number of methoxy groups -OCH3 is 1. The summed E-state index contributed by atoms with van der Waals surface area (Å²) < 4.78 is 7.17. The van der Waals surface area contributed by atoms with Gasteiger partial charge in [-0.15, -0.1) is 0 Å². The van der Waals surface area contributed by atoms with Crippen LogP contribution in [0.3, 0.4) is 0 Å². The number of amides is 1. The number of benzene rings is 3. The second-order valence-corrected chi connectivity index (χ2v) is 9.15. The van der Waals surface area contributed by atoms with Gasteiger partial charge in [0.05, 0.1) is 35.1 Å². The van der Waals surface area contributed by atoms with Crippen molar-refractivity contribution in [1.82, 2.24) is 15.1 Å². The second kappa shape index (κ2) is 11.4. The lowest BCUT2D eigenvalue weighted by atomic mass is 10.1. The summed E-state index contributed by atoms with van der Waals surface area (Å²) in [6.45, 7) is 2.31. The Kier molecular flexibility index (Phi) is 8.08. The molecule has 4 aromatic rings. The lowest BCUT2D eigenvalue weighted by molar-refractivity contribution is -0.116. The van der Waals surface area contributed by atoms with E-state index in [2.05, 4.69) is 5.32 Å². The van der Waals surface area contributed by atoms with Gasteiger partial charge in [0.25, 0.3) is 5.91 Å². The molecule has 0 radical (unpaired) electrons. The minimum Gasteiger partial charge on any atom is -0.497 e. The third-order valence-corrected chi connectivity index (χ3v) is 6.43. The Balaban J connectivity index is 1.61. The van der Waals surface area contributed by atoms with Crippen molar-refractivity contribution in [2.75, 3.05) is 13.7 Å². The molecule has 0 bridgehead atoms. The summed E-state index contributed by atoms with van der Waals surface area (Å²) in [6, 6.07) is 22.6. The maximum Gasteiger partial charge on any atom is 0.251 e. The number of carbonyl (C=O) groups is 2. The number of nitrogens with one attached hydrogen (secondary N) is 1. The average Bonchev–Trinajstić information content (AvgIpc) is 3.29. The maximum absolute atomic E-state index is 12.3. The van der Waals surface area contributed by atoms with Gasteiger partial charge >= 0.3 is 0 Å². The Morgan fingerprint density at radius 3 is 2.25 bits per heavy atom. The first-order valence-corrected chi connectivity index (χ1v) is 12.1. The van der Waals surface area contributed by atoms with E-state index in [1.54, 1.807) is 25.3 Å². The zero-order valence-corrected chi connectivity index (χ0v) is 21.4. The van der Waals surface area contributed by atoms with Gasteiger partial charge in [0.2, 0.25) is 0 Å². The van der Waals surface area contributed by atoms with E-state index >= 15 is 0 Å².